The molecular formula is C33H41N3O3. The lowest BCUT2D eigenvalue weighted by Gasteiger charge is -2.68. The number of nitrogens with zero attached hydrogens (tertiary/aromatic N) is 3. The fraction of sp³-hybridized carbons (Fsp3) is 0.667. The van der Waals surface area contributed by atoms with Gasteiger partial charge in [0.2, 0.25) is 5.91 Å². The molecule has 1 aromatic rings. The first-order valence-electron chi connectivity index (χ1n) is 14.7. The fourth-order valence-electron chi connectivity index (χ4n) is 10.3. The van der Waals surface area contributed by atoms with E-state index in [0.29, 0.717) is 0 Å². The first-order valence-corrected chi connectivity index (χ1v) is 14.7. The molecule has 8 atom stereocenters. The van der Waals surface area contributed by atoms with Crippen LogP contribution in [0.15, 0.2) is 42.0 Å². The number of hydrogen-bond donors (Lipinski definition) is 0. The van der Waals surface area contributed by atoms with E-state index in [1.165, 1.54) is 0 Å². The monoisotopic (exact) mass is 527 g/mol. The Hall–Kier alpha value is -2.81. The third-order valence-electron chi connectivity index (χ3n) is 12.7. The summed E-state index contributed by atoms with van der Waals surface area (Å²) in [4.78, 5) is 45.8. The predicted molar refractivity (Wildman–Crippen MR) is 147 cm³/mol. The topological polar surface area (TPSA) is 92.8 Å². The highest BCUT2D eigenvalue weighted by molar-refractivity contribution is 6.02. The Labute approximate surface area is 231 Å². The maximum atomic E-state index is 14.5. The van der Waals surface area contributed by atoms with E-state index in [0.717, 1.165) is 50.5 Å². The summed E-state index contributed by atoms with van der Waals surface area (Å²) >= 11 is 0. The summed E-state index contributed by atoms with van der Waals surface area (Å²) in [5, 5.41) is 9.81. The zero-order chi connectivity index (χ0) is 28.2. The van der Waals surface area contributed by atoms with Crippen molar-refractivity contribution in [3.8, 4) is 6.07 Å². The normalized spacial score (nSPS) is 44.5. The molecule has 206 valence electrons. The van der Waals surface area contributed by atoms with Crippen LogP contribution < -0.4 is 0 Å². The van der Waals surface area contributed by atoms with Crippen molar-refractivity contribution in [1.29, 1.82) is 5.26 Å². The van der Waals surface area contributed by atoms with Crippen LogP contribution in [0.3, 0.4) is 0 Å². The molecule has 6 heteroatoms. The molecule has 2 unspecified atom stereocenters. The second kappa shape index (κ2) is 8.12. The van der Waals surface area contributed by atoms with Gasteiger partial charge in [0.15, 0.2) is 11.6 Å². The van der Waals surface area contributed by atoms with Crippen molar-refractivity contribution in [2.24, 2.45) is 50.7 Å². The van der Waals surface area contributed by atoms with E-state index in [2.05, 4.69) is 45.7 Å². The van der Waals surface area contributed by atoms with E-state index in [9.17, 15) is 19.6 Å². The highest BCUT2D eigenvalue weighted by Gasteiger charge is 2.70. The quantitative estimate of drug-likeness (QED) is 0.424. The molecule has 0 bridgehead atoms. The summed E-state index contributed by atoms with van der Waals surface area (Å²) in [7, 11) is 0. The molecule has 1 aromatic heterocycles. The molecule has 5 aliphatic rings. The Bertz CT molecular complexity index is 1380. The average molecular weight is 528 g/mol. The van der Waals surface area contributed by atoms with Crippen LogP contribution in [0.2, 0.25) is 0 Å². The van der Waals surface area contributed by atoms with Crippen LogP contribution in [0.4, 0.5) is 0 Å². The number of carbonyl (C=O) groups is 3. The van der Waals surface area contributed by atoms with Gasteiger partial charge in [-0.15, -0.1) is 0 Å². The van der Waals surface area contributed by atoms with Crippen LogP contribution in [0.1, 0.15) is 91.3 Å². The minimum Gasteiger partial charge on any atom is -0.295 e. The van der Waals surface area contributed by atoms with E-state index in [1.807, 2.05) is 19.1 Å². The number of nitriles is 1. The molecule has 0 saturated heterocycles. The Balaban J connectivity index is 1.52. The SMILES string of the molecule is C[C@@H]1C(=O)C(C#N)=C[C@]2(C)C3=CC(=O)C4C5CC(C)(C)CC[C@]5(C(=O)n5ccnc5)CC[C@@]4(C)[C@]3(C)CC[C@@H]12. The molecule has 6 rings (SSSR count). The maximum Gasteiger partial charge on any atom is 0.238 e. The minimum absolute atomic E-state index is 0.0420. The number of hydrogen-bond acceptors (Lipinski definition) is 5. The van der Waals surface area contributed by atoms with Gasteiger partial charge in [0.1, 0.15) is 12.4 Å². The van der Waals surface area contributed by atoms with Crippen molar-refractivity contribution < 1.29 is 14.4 Å². The molecule has 6 nitrogen and oxygen atoms in total. The van der Waals surface area contributed by atoms with Gasteiger partial charge in [-0.25, -0.2) is 4.98 Å². The van der Waals surface area contributed by atoms with Crippen LogP contribution in [0, 0.1) is 62.1 Å². The number of Topliss-reactive ketones (excluding diaryl/α,β-unsaturated/α-hetero) is 1. The van der Waals surface area contributed by atoms with Crippen molar-refractivity contribution in [2.45, 2.75) is 86.5 Å². The molecule has 0 aromatic carbocycles. The lowest BCUT2D eigenvalue weighted by molar-refractivity contribution is -0.162. The van der Waals surface area contributed by atoms with Gasteiger partial charge in [-0.05, 0) is 79.1 Å². The van der Waals surface area contributed by atoms with Gasteiger partial charge in [0.05, 0.1) is 11.0 Å². The van der Waals surface area contributed by atoms with Crippen molar-refractivity contribution in [2.75, 3.05) is 0 Å². The second-order valence-electron chi connectivity index (χ2n) is 14.8. The van der Waals surface area contributed by atoms with E-state index < -0.39 is 10.8 Å². The number of rotatable bonds is 1. The van der Waals surface area contributed by atoms with Gasteiger partial charge in [-0.3, -0.25) is 19.0 Å². The summed E-state index contributed by atoms with van der Waals surface area (Å²) in [6.45, 7) is 13.3. The summed E-state index contributed by atoms with van der Waals surface area (Å²) in [6.07, 6.45) is 14.8. The van der Waals surface area contributed by atoms with Crippen LogP contribution in [0.5, 0.6) is 0 Å². The largest absolute Gasteiger partial charge is 0.295 e. The first-order chi connectivity index (χ1) is 18.2. The lowest BCUT2D eigenvalue weighted by Crippen LogP contribution is -2.65. The highest BCUT2D eigenvalue weighted by atomic mass is 16.2. The third-order valence-corrected chi connectivity index (χ3v) is 12.7. The van der Waals surface area contributed by atoms with Crippen LogP contribution in [0.25, 0.3) is 0 Å². The van der Waals surface area contributed by atoms with E-state index in [-0.39, 0.29) is 63.0 Å². The minimum atomic E-state index is -0.571. The fourth-order valence-corrected chi connectivity index (χ4v) is 10.3. The van der Waals surface area contributed by atoms with E-state index >= 15 is 0 Å². The third kappa shape index (κ3) is 3.25. The number of allylic oxidation sites excluding steroid dienone is 4. The van der Waals surface area contributed by atoms with Gasteiger partial charge in [-0.2, -0.15) is 5.26 Å². The highest BCUT2D eigenvalue weighted by Crippen LogP contribution is 2.73. The zero-order valence-corrected chi connectivity index (χ0v) is 24.2. The molecule has 3 saturated carbocycles. The zero-order valence-electron chi connectivity index (χ0n) is 24.2. The molecule has 0 amide bonds. The molecule has 5 aliphatic carbocycles. The summed E-state index contributed by atoms with van der Waals surface area (Å²) in [5.74, 6) is -0.296. The maximum absolute atomic E-state index is 14.5. The van der Waals surface area contributed by atoms with Crippen LogP contribution in [-0.4, -0.2) is 27.0 Å². The molecule has 0 N–H and O–H groups in total. The predicted octanol–water partition coefficient (Wildman–Crippen LogP) is 6.35. The average Bonchev–Trinajstić information content (AvgIpc) is 3.42. The second-order valence-corrected chi connectivity index (χ2v) is 14.8. The summed E-state index contributed by atoms with van der Waals surface area (Å²) in [5.41, 5.74) is -0.274. The molecule has 3 fully saturated rings. The van der Waals surface area contributed by atoms with Crippen molar-refractivity contribution in [3.05, 3.63) is 42.0 Å². The van der Waals surface area contributed by atoms with Crippen molar-refractivity contribution in [1.82, 2.24) is 9.55 Å². The Morgan fingerprint density at radius 1 is 1.05 bits per heavy atom. The van der Waals surface area contributed by atoms with E-state index in [1.54, 1.807) is 23.3 Å². The molecule has 0 spiro atoms. The number of imidazole rings is 1. The standard InChI is InChI=1S/C33H41N3O3/c1-20-22-7-8-31(5)25(30(22,4)16-21(18-34)27(20)38)15-24(37)26-23-17-29(2,3)9-11-33(23,12-10-32(26,31)6)28(39)36-14-13-35-19-36/h13-16,19-20,22-23,26H,7-12,17H2,1-6H3/t20-,22-,23?,26?,30-,31+,32+,33-/m0/s1. The Kier molecular flexibility index (Phi) is 5.50. The van der Waals surface area contributed by atoms with E-state index in [4.69, 9.17) is 0 Å². The lowest BCUT2D eigenvalue weighted by atomic mass is 9.34. The number of fused-ring (bicyclic) bond motifs is 7. The number of aromatic nitrogens is 2. The van der Waals surface area contributed by atoms with Crippen molar-refractivity contribution in [3.63, 3.8) is 0 Å². The van der Waals surface area contributed by atoms with Gasteiger partial charge in [-0.1, -0.05) is 53.2 Å². The number of ketones is 2. The molecule has 0 aliphatic heterocycles. The summed E-state index contributed by atoms with van der Waals surface area (Å²) < 4.78 is 1.64. The molecule has 0 radical (unpaired) electrons. The Morgan fingerprint density at radius 3 is 2.44 bits per heavy atom. The first kappa shape index (κ1) is 26.4. The van der Waals surface area contributed by atoms with Gasteiger partial charge < -0.3 is 0 Å². The Morgan fingerprint density at radius 2 is 1.77 bits per heavy atom. The molecule has 1 heterocycles. The van der Waals surface area contributed by atoms with Gasteiger partial charge in [0.25, 0.3) is 0 Å². The van der Waals surface area contributed by atoms with Crippen LogP contribution >= 0.6 is 0 Å². The number of carbonyl (C=O) groups excluding carboxylic acids is 3. The summed E-state index contributed by atoms with van der Waals surface area (Å²) in [6, 6.07) is 2.16. The van der Waals surface area contributed by atoms with Gasteiger partial charge >= 0.3 is 0 Å². The van der Waals surface area contributed by atoms with Crippen molar-refractivity contribution >= 4 is 17.5 Å². The molecular weight excluding hydrogens is 486 g/mol. The van der Waals surface area contributed by atoms with Gasteiger partial charge in [0, 0.05) is 29.6 Å². The smallest absolute Gasteiger partial charge is 0.238 e. The molecule has 39 heavy (non-hydrogen) atoms. The van der Waals surface area contributed by atoms with Crippen LogP contribution in [-0.2, 0) is 9.59 Å².